The molecule has 6 heteroatoms. The van der Waals surface area contributed by atoms with Crippen LogP contribution < -0.4 is 15.4 Å². The fourth-order valence-electron chi connectivity index (χ4n) is 1.73. The molecule has 2 aromatic carbocycles. The maximum atomic E-state index is 11.7. The zero-order chi connectivity index (χ0) is 15.9. The second-order valence-electron chi connectivity index (χ2n) is 4.62. The number of aryl methyl sites for hydroxylation is 1. The number of phenols is 1. The summed E-state index contributed by atoms with van der Waals surface area (Å²) in [6.45, 7) is 1.74. The molecule has 2 rings (SSSR count). The molecule has 0 radical (unpaired) electrons. The van der Waals surface area contributed by atoms with Crippen LogP contribution in [0.5, 0.6) is 11.5 Å². The van der Waals surface area contributed by atoms with Crippen molar-refractivity contribution in [3.05, 3.63) is 54.1 Å². The van der Waals surface area contributed by atoms with Crippen molar-refractivity contribution in [2.24, 2.45) is 0 Å². The molecular weight excluding hydrogens is 300 g/mol. The number of hydrogen-bond donors (Lipinski definition) is 3. The van der Waals surface area contributed by atoms with E-state index in [1.807, 2.05) is 25.1 Å². The second-order valence-corrected chi connectivity index (χ2v) is 5.03. The van der Waals surface area contributed by atoms with Gasteiger partial charge in [0.05, 0.1) is 5.69 Å². The summed E-state index contributed by atoms with van der Waals surface area (Å²) in [5.41, 5.74) is 1.40. The van der Waals surface area contributed by atoms with E-state index in [-0.39, 0.29) is 23.4 Å². The van der Waals surface area contributed by atoms with Crippen LogP contribution in [0.4, 0.5) is 5.69 Å². The molecule has 0 aromatic heterocycles. The smallest absolute Gasteiger partial charge is 0.264 e. The van der Waals surface area contributed by atoms with Gasteiger partial charge in [-0.3, -0.25) is 10.1 Å². The number of hydrogen-bond acceptors (Lipinski definition) is 4. The van der Waals surface area contributed by atoms with Crippen LogP contribution in [0.3, 0.4) is 0 Å². The monoisotopic (exact) mass is 316 g/mol. The van der Waals surface area contributed by atoms with Crippen molar-refractivity contribution < 1.29 is 14.6 Å². The lowest BCUT2D eigenvalue weighted by atomic mass is 10.2. The molecule has 114 valence electrons. The number of para-hydroxylation sites is 1. The van der Waals surface area contributed by atoms with E-state index in [4.69, 9.17) is 17.0 Å². The van der Waals surface area contributed by atoms with Gasteiger partial charge in [-0.15, -0.1) is 0 Å². The highest BCUT2D eigenvalue weighted by Crippen LogP contribution is 2.23. The van der Waals surface area contributed by atoms with E-state index in [1.54, 1.807) is 30.3 Å². The van der Waals surface area contributed by atoms with Crippen LogP contribution in [0.15, 0.2) is 48.5 Å². The molecule has 0 bridgehead atoms. The maximum Gasteiger partial charge on any atom is 0.264 e. The Morgan fingerprint density at radius 2 is 1.95 bits per heavy atom. The lowest BCUT2D eigenvalue weighted by molar-refractivity contribution is -0.121. The standard InChI is InChI=1S/C16H16N2O3S/c1-11-7-8-14(19)13(9-11)17-16(22)18-15(20)10-21-12-5-3-2-4-6-12/h2-9,19H,10H2,1H3,(H2,17,18,20,22). The Morgan fingerprint density at radius 1 is 1.23 bits per heavy atom. The summed E-state index contributed by atoms with van der Waals surface area (Å²) in [5, 5.41) is 15.1. The molecule has 0 aliphatic rings. The van der Waals surface area contributed by atoms with Crippen molar-refractivity contribution in [3.63, 3.8) is 0 Å². The molecule has 0 aliphatic carbocycles. The number of amides is 1. The molecule has 0 fully saturated rings. The molecule has 0 aliphatic heterocycles. The van der Waals surface area contributed by atoms with Crippen molar-refractivity contribution in [1.82, 2.24) is 5.32 Å². The number of ether oxygens (including phenoxy) is 1. The predicted octanol–water partition coefficient (Wildman–Crippen LogP) is 2.59. The Kier molecular flexibility index (Phi) is 5.32. The molecular formula is C16H16N2O3S. The zero-order valence-electron chi connectivity index (χ0n) is 12.0. The predicted molar refractivity (Wildman–Crippen MR) is 89.1 cm³/mol. The highest BCUT2D eigenvalue weighted by atomic mass is 32.1. The van der Waals surface area contributed by atoms with Crippen molar-refractivity contribution in [1.29, 1.82) is 0 Å². The van der Waals surface area contributed by atoms with Gasteiger partial charge in [0.25, 0.3) is 5.91 Å². The lowest BCUT2D eigenvalue weighted by Crippen LogP contribution is -2.37. The van der Waals surface area contributed by atoms with E-state index in [9.17, 15) is 9.90 Å². The van der Waals surface area contributed by atoms with E-state index in [0.29, 0.717) is 11.4 Å². The van der Waals surface area contributed by atoms with E-state index in [1.165, 1.54) is 0 Å². The molecule has 1 amide bonds. The fourth-order valence-corrected chi connectivity index (χ4v) is 1.96. The van der Waals surface area contributed by atoms with Gasteiger partial charge in [-0.2, -0.15) is 0 Å². The summed E-state index contributed by atoms with van der Waals surface area (Å²) in [7, 11) is 0. The number of nitrogens with one attached hydrogen (secondary N) is 2. The van der Waals surface area contributed by atoms with E-state index in [0.717, 1.165) is 5.56 Å². The highest BCUT2D eigenvalue weighted by Gasteiger charge is 2.08. The largest absolute Gasteiger partial charge is 0.506 e. The molecule has 0 heterocycles. The topological polar surface area (TPSA) is 70.6 Å². The average Bonchev–Trinajstić information content (AvgIpc) is 2.50. The number of thiocarbonyl (C=S) groups is 1. The third-order valence-electron chi connectivity index (χ3n) is 2.77. The summed E-state index contributed by atoms with van der Waals surface area (Å²) in [4.78, 5) is 11.7. The van der Waals surface area contributed by atoms with Gasteiger partial charge in [-0.05, 0) is 49.0 Å². The summed E-state index contributed by atoms with van der Waals surface area (Å²) < 4.78 is 5.31. The normalized spacial score (nSPS) is 9.86. The summed E-state index contributed by atoms with van der Waals surface area (Å²) in [6, 6.07) is 14.1. The number of benzene rings is 2. The second kappa shape index (κ2) is 7.42. The van der Waals surface area contributed by atoms with Crippen molar-refractivity contribution in [3.8, 4) is 11.5 Å². The Labute approximate surface area is 133 Å². The zero-order valence-corrected chi connectivity index (χ0v) is 12.8. The molecule has 3 N–H and O–H groups in total. The van der Waals surface area contributed by atoms with Gasteiger partial charge in [0.1, 0.15) is 11.5 Å². The van der Waals surface area contributed by atoms with Gasteiger partial charge >= 0.3 is 0 Å². The molecule has 2 aromatic rings. The van der Waals surface area contributed by atoms with Crippen LogP contribution in [0.2, 0.25) is 0 Å². The van der Waals surface area contributed by atoms with Crippen LogP contribution in [0.25, 0.3) is 0 Å². The van der Waals surface area contributed by atoms with Crippen LogP contribution in [0, 0.1) is 6.92 Å². The molecule has 0 atom stereocenters. The van der Waals surface area contributed by atoms with Gasteiger partial charge in [-0.25, -0.2) is 0 Å². The third kappa shape index (κ3) is 4.75. The first-order chi connectivity index (χ1) is 10.5. The minimum Gasteiger partial charge on any atom is -0.506 e. The number of carbonyl (C=O) groups excluding carboxylic acids is 1. The van der Waals surface area contributed by atoms with Gasteiger partial charge in [-0.1, -0.05) is 24.3 Å². The Balaban J connectivity index is 1.84. The van der Waals surface area contributed by atoms with Crippen molar-refractivity contribution in [2.75, 3.05) is 11.9 Å². The van der Waals surface area contributed by atoms with Crippen LogP contribution in [-0.4, -0.2) is 22.7 Å². The number of carbonyl (C=O) groups is 1. The lowest BCUT2D eigenvalue weighted by Gasteiger charge is -2.12. The number of aromatic hydroxyl groups is 1. The number of phenolic OH excluding ortho intramolecular Hbond substituents is 1. The number of rotatable bonds is 4. The number of anilines is 1. The third-order valence-corrected chi connectivity index (χ3v) is 2.97. The molecule has 0 spiro atoms. The maximum absolute atomic E-state index is 11.7. The fraction of sp³-hybridized carbons (Fsp3) is 0.125. The quantitative estimate of drug-likeness (QED) is 0.597. The van der Waals surface area contributed by atoms with E-state index in [2.05, 4.69) is 10.6 Å². The van der Waals surface area contributed by atoms with E-state index >= 15 is 0 Å². The van der Waals surface area contributed by atoms with Crippen LogP contribution in [-0.2, 0) is 4.79 Å². The summed E-state index contributed by atoms with van der Waals surface area (Å²) in [6.07, 6.45) is 0. The van der Waals surface area contributed by atoms with Crippen molar-refractivity contribution in [2.45, 2.75) is 6.92 Å². The minimum absolute atomic E-state index is 0.0581. The molecule has 22 heavy (non-hydrogen) atoms. The average molecular weight is 316 g/mol. The van der Waals surface area contributed by atoms with Crippen molar-refractivity contribution >= 4 is 28.9 Å². The Bertz CT molecular complexity index is 674. The first kappa shape index (κ1) is 15.8. The Morgan fingerprint density at radius 3 is 2.68 bits per heavy atom. The minimum atomic E-state index is -0.381. The summed E-state index contributed by atoms with van der Waals surface area (Å²) >= 11 is 5.04. The molecule has 5 nitrogen and oxygen atoms in total. The van der Waals surface area contributed by atoms with Gasteiger partial charge in [0, 0.05) is 0 Å². The van der Waals surface area contributed by atoms with Gasteiger partial charge in [0.2, 0.25) is 0 Å². The molecule has 0 saturated heterocycles. The highest BCUT2D eigenvalue weighted by molar-refractivity contribution is 7.80. The first-order valence-corrected chi connectivity index (χ1v) is 7.04. The van der Waals surface area contributed by atoms with E-state index < -0.39 is 0 Å². The van der Waals surface area contributed by atoms with Crippen LogP contribution >= 0.6 is 12.2 Å². The molecule has 0 saturated carbocycles. The Hall–Kier alpha value is -2.60. The van der Waals surface area contributed by atoms with Gasteiger partial charge < -0.3 is 15.2 Å². The van der Waals surface area contributed by atoms with Crippen LogP contribution in [0.1, 0.15) is 5.56 Å². The first-order valence-electron chi connectivity index (χ1n) is 6.63. The SMILES string of the molecule is Cc1ccc(O)c(NC(=S)NC(=O)COc2ccccc2)c1. The summed E-state index contributed by atoms with van der Waals surface area (Å²) in [5.74, 6) is 0.282. The molecule has 0 unspecified atom stereocenters. The van der Waals surface area contributed by atoms with Gasteiger partial charge in [0.15, 0.2) is 11.7 Å².